The van der Waals surface area contributed by atoms with E-state index in [1.807, 2.05) is 38.1 Å². The number of hydrogen-bond donors (Lipinski definition) is 1. The maximum atomic E-state index is 14.3. The van der Waals surface area contributed by atoms with E-state index in [0.29, 0.717) is 10.6 Å². The van der Waals surface area contributed by atoms with Gasteiger partial charge in [-0.15, -0.1) is 11.8 Å². The molecule has 0 unspecified atom stereocenters. The number of fused-ring (bicyclic) bond motifs is 1. The van der Waals surface area contributed by atoms with Crippen molar-refractivity contribution in [3.05, 3.63) is 52.3 Å². The van der Waals surface area contributed by atoms with Gasteiger partial charge in [-0.05, 0) is 80.4 Å². The largest absolute Gasteiger partial charge is 0.491 e. The maximum Gasteiger partial charge on any atom is 0.408 e. The van der Waals surface area contributed by atoms with Gasteiger partial charge in [-0.2, -0.15) is 0 Å². The lowest BCUT2D eigenvalue weighted by atomic mass is 10.1. The van der Waals surface area contributed by atoms with Gasteiger partial charge in [0, 0.05) is 10.6 Å². The Morgan fingerprint density at radius 3 is 2.55 bits per heavy atom. The second-order valence-corrected chi connectivity index (χ2v) is 10.9. The van der Waals surface area contributed by atoms with Crippen LogP contribution in [-0.4, -0.2) is 35.5 Å². The second kappa shape index (κ2) is 10.3. The molecule has 1 atom stereocenters. The summed E-state index contributed by atoms with van der Waals surface area (Å²) in [6, 6.07) is 9.65. The van der Waals surface area contributed by atoms with Gasteiger partial charge in [0.1, 0.15) is 23.2 Å². The van der Waals surface area contributed by atoms with Gasteiger partial charge >= 0.3 is 6.09 Å². The van der Waals surface area contributed by atoms with E-state index >= 15 is 0 Å². The number of alkyl carbamates (subject to hydrolysis) is 1. The van der Waals surface area contributed by atoms with Crippen LogP contribution in [0.1, 0.15) is 40.2 Å². The molecule has 1 aliphatic heterocycles. The predicted molar refractivity (Wildman–Crippen MR) is 131 cm³/mol. The van der Waals surface area contributed by atoms with Gasteiger partial charge in [0.25, 0.3) is 5.91 Å². The maximum absolute atomic E-state index is 14.3. The van der Waals surface area contributed by atoms with Crippen LogP contribution >= 0.6 is 27.7 Å². The Morgan fingerprint density at radius 1 is 1.27 bits per heavy atom. The minimum Gasteiger partial charge on any atom is -0.491 e. The van der Waals surface area contributed by atoms with E-state index in [9.17, 15) is 14.0 Å². The lowest BCUT2D eigenvalue weighted by Gasteiger charge is -2.27. The molecule has 0 saturated heterocycles. The monoisotopic (exact) mass is 538 g/mol. The van der Waals surface area contributed by atoms with E-state index < -0.39 is 23.6 Å². The number of amides is 2. The minimum atomic E-state index is -0.831. The Bertz CT molecular complexity index is 1020. The molecule has 1 aliphatic rings. The molecule has 2 aromatic rings. The second-order valence-electron chi connectivity index (χ2n) is 8.98. The first-order chi connectivity index (χ1) is 15.4. The molecule has 3 rings (SSSR count). The van der Waals surface area contributed by atoms with Crippen LogP contribution in [-0.2, 0) is 16.1 Å². The van der Waals surface area contributed by atoms with Crippen LogP contribution in [0.5, 0.6) is 5.75 Å². The fraction of sp³-hybridized carbons (Fsp3) is 0.417. The summed E-state index contributed by atoms with van der Waals surface area (Å²) in [5.74, 6) is 0.279. The molecule has 0 saturated carbocycles. The van der Waals surface area contributed by atoms with Gasteiger partial charge in [-0.25, -0.2) is 9.18 Å². The number of halogens is 2. The Kier molecular flexibility index (Phi) is 7.95. The zero-order valence-corrected chi connectivity index (χ0v) is 21.7. The van der Waals surface area contributed by atoms with E-state index in [1.165, 1.54) is 17.8 Å². The van der Waals surface area contributed by atoms with Crippen LogP contribution in [0.15, 0.2) is 45.8 Å². The van der Waals surface area contributed by atoms with Crippen LogP contribution in [0.2, 0.25) is 0 Å². The first-order valence-corrected chi connectivity index (χ1v) is 12.4. The fourth-order valence-corrected chi connectivity index (χ4v) is 4.65. The standard InChI is InChI=1S/C24H28BrFN2O4S/c1-14(2)31-16-8-6-15(7-9-16)12-28-20-10-17(25)18(26)11-21(20)33-13-19(22(28)29)27-23(30)32-24(3,4)5/h6-11,14,19H,12-13H2,1-5H3,(H,27,30)/t19-/m0/s1. The van der Waals surface area contributed by atoms with Gasteiger partial charge in [0.05, 0.1) is 22.8 Å². The van der Waals surface area contributed by atoms with Gasteiger partial charge < -0.3 is 19.7 Å². The molecular weight excluding hydrogens is 511 g/mol. The third kappa shape index (κ3) is 6.86. The van der Waals surface area contributed by atoms with Crippen LogP contribution in [0, 0.1) is 5.82 Å². The number of thioether (sulfide) groups is 1. The average molecular weight is 539 g/mol. The van der Waals surface area contributed by atoms with Gasteiger partial charge in [0.15, 0.2) is 0 Å². The summed E-state index contributed by atoms with van der Waals surface area (Å²) in [5, 5.41) is 2.68. The Labute approximate surface area is 206 Å². The molecule has 178 valence electrons. The number of nitrogens with zero attached hydrogens (tertiary/aromatic N) is 1. The van der Waals surface area contributed by atoms with Crippen LogP contribution in [0.4, 0.5) is 14.9 Å². The highest BCUT2D eigenvalue weighted by molar-refractivity contribution is 9.10. The molecule has 0 radical (unpaired) electrons. The molecule has 1 heterocycles. The smallest absolute Gasteiger partial charge is 0.408 e. The van der Waals surface area contributed by atoms with Crippen molar-refractivity contribution in [1.82, 2.24) is 5.32 Å². The Balaban J connectivity index is 1.90. The summed E-state index contributed by atoms with van der Waals surface area (Å²) in [5.41, 5.74) is 0.754. The SMILES string of the molecule is CC(C)Oc1ccc(CN2C(=O)[C@@H](NC(=O)OC(C)(C)C)CSc3cc(F)c(Br)cc32)cc1. The van der Waals surface area contributed by atoms with Crippen molar-refractivity contribution in [3.8, 4) is 5.75 Å². The zero-order valence-electron chi connectivity index (χ0n) is 19.3. The number of hydrogen-bond acceptors (Lipinski definition) is 5. The van der Waals surface area contributed by atoms with Crippen LogP contribution in [0.3, 0.4) is 0 Å². The van der Waals surface area contributed by atoms with Crippen LogP contribution < -0.4 is 15.0 Å². The molecule has 6 nitrogen and oxygen atoms in total. The topological polar surface area (TPSA) is 67.9 Å². The summed E-state index contributed by atoms with van der Waals surface area (Å²) in [6.07, 6.45) is -0.617. The van der Waals surface area contributed by atoms with Crippen molar-refractivity contribution in [3.63, 3.8) is 0 Å². The number of benzene rings is 2. The molecule has 0 bridgehead atoms. The summed E-state index contributed by atoms with van der Waals surface area (Å²) in [4.78, 5) is 28.1. The fourth-order valence-electron chi connectivity index (χ4n) is 3.24. The number of ether oxygens (including phenoxy) is 2. The number of carbonyl (C=O) groups excluding carboxylic acids is 2. The van der Waals surface area contributed by atoms with Crippen LogP contribution in [0.25, 0.3) is 0 Å². The van der Waals surface area contributed by atoms with E-state index in [0.717, 1.165) is 11.3 Å². The number of rotatable bonds is 5. The first kappa shape index (κ1) is 25.4. The van der Waals surface area contributed by atoms with Gasteiger partial charge in [-0.3, -0.25) is 4.79 Å². The molecule has 1 N–H and O–H groups in total. The predicted octanol–water partition coefficient (Wildman–Crippen LogP) is 5.91. The summed E-state index contributed by atoms with van der Waals surface area (Å²) in [6.45, 7) is 9.42. The Hall–Kier alpha value is -2.26. The third-order valence-electron chi connectivity index (χ3n) is 4.59. The average Bonchev–Trinajstić information content (AvgIpc) is 2.81. The molecular formula is C24H28BrFN2O4S. The highest BCUT2D eigenvalue weighted by atomic mass is 79.9. The summed E-state index contributed by atoms with van der Waals surface area (Å²) < 4.78 is 25.6. The quantitative estimate of drug-likeness (QED) is 0.512. The molecule has 0 spiro atoms. The number of nitrogens with one attached hydrogen (secondary N) is 1. The van der Waals surface area contributed by atoms with Gasteiger partial charge in [0.2, 0.25) is 0 Å². The van der Waals surface area contributed by atoms with Crippen molar-refractivity contribution in [2.24, 2.45) is 0 Å². The normalized spacial score (nSPS) is 16.3. The van der Waals surface area contributed by atoms with E-state index in [4.69, 9.17) is 9.47 Å². The highest BCUT2D eigenvalue weighted by Crippen LogP contribution is 2.38. The van der Waals surface area contributed by atoms with E-state index in [2.05, 4.69) is 21.2 Å². The number of carbonyl (C=O) groups is 2. The van der Waals surface area contributed by atoms with E-state index in [1.54, 1.807) is 31.7 Å². The summed E-state index contributed by atoms with van der Waals surface area (Å²) >= 11 is 4.54. The number of anilines is 1. The molecule has 2 aromatic carbocycles. The molecule has 9 heteroatoms. The lowest BCUT2D eigenvalue weighted by molar-refractivity contribution is -0.120. The lowest BCUT2D eigenvalue weighted by Crippen LogP contribution is -2.50. The third-order valence-corrected chi connectivity index (χ3v) is 6.33. The van der Waals surface area contributed by atoms with Crippen molar-refractivity contribution >= 4 is 45.4 Å². The molecule has 0 aliphatic carbocycles. The van der Waals surface area contributed by atoms with E-state index in [-0.39, 0.29) is 28.8 Å². The Morgan fingerprint density at radius 2 is 1.94 bits per heavy atom. The zero-order chi connectivity index (χ0) is 24.3. The van der Waals surface area contributed by atoms with Crippen molar-refractivity contribution in [2.45, 2.75) is 63.8 Å². The molecule has 0 aromatic heterocycles. The van der Waals surface area contributed by atoms with Crippen molar-refractivity contribution in [1.29, 1.82) is 0 Å². The minimum absolute atomic E-state index is 0.0545. The molecule has 0 fully saturated rings. The van der Waals surface area contributed by atoms with Crippen molar-refractivity contribution in [2.75, 3.05) is 10.7 Å². The van der Waals surface area contributed by atoms with Gasteiger partial charge in [-0.1, -0.05) is 12.1 Å². The summed E-state index contributed by atoms with van der Waals surface area (Å²) in [7, 11) is 0. The first-order valence-electron chi connectivity index (χ1n) is 10.6. The molecule has 33 heavy (non-hydrogen) atoms. The van der Waals surface area contributed by atoms with Crippen molar-refractivity contribution < 1.29 is 23.5 Å². The highest BCUT2D eigenvalue weighted by Gasteiger charge is 2.33. The molecule has 2 amide bonds.